The summed E-state index contributed by atoms with van der Waals surface area (Å²) in [5.74, 6) is 0. The molecule has 0 amide bonds. The first-order valence-electron chi connectivity index (χ1n) is 3.64. The van der Waals surface area contributed by atoms with Gasteiger partial charge in [0.15, 0.2) is 5.15 Å². The smallest absolute Gasteiger partial charge is 0.242 e. The highest BCUT2D eigenvalue weighted by Gasteiger charge is 2.12. The van der Waals surface area contributed by atoms with Crippen molar-refractivity contribution >= 4 is 43.2 Å². The standard InChI is InChI=1S/C7H8BrClN2O2S/c1-5-2-3-10-7(9)6(5)11-14(12,13)4-8/h2-3,11H,4H2,1H3. The molecule has 1 rings (SSSR count). The fraction of sp³-hybridized carbons (Fsp3) is 0.286. The molecule has 0 spiro atoms. The normalized spacial score (nSPS) is 11.4. The summed E-state index contributed by atoms with van der Waals surface area (Å²) in [6, 6.07) is 1.68. The topological polar surface area (TPSA) is 59.1 Å². The van der Waals surface area contributed by atoms with Gasteiger partial charge in [-0.3, -0.25) is 4.72 Å². The average molecular weight is 300 g/mol. The van der Waals surface area contributed by atoms with E-state index in [1.807, 2.05) is 0 Å². The molecule has 1 aromatic rings. The number of pyridine rings is 1. The summed E-state index contributed by atoms with van der Waals surface area (Å²) in [4.78, 5) is 3.78. The van der Waals surface area contributed by atoms with Gasteiger partial charge in [-0.25, -0.2) is 13.4 Å². The van der Waals surface area contributed by atoms with Crippen molar-refractivity contribution in [1.29, 1.82) is 0 Å². The quantitative estimate of drug-likeness (QED) is 0.687. The van der Waals surface area contributed by atoms with Crippen LogP contribution in [-0.2, 0) is 10.0 Å². The van der Waals surface area contributed by atoms with E-state index in [2.05, 4.69) is 25.6 Å². The number of hydrogen-bond donors (Lipinski definition) is 1. The lowest BCUT2D eigenvalue weighted by Crippen LogP contribution is -2.14. The number of aromatic nitrogens is 1. The number of anilines is 1. The van der Waals surface area contributed by atoms with Crippen LogP contribution in [0, 0.1) is 6.92 Å². The molecule has 0 atom stereocenters. The van der Waals surface area contributed by atoms with Gasteiger partial charge < -0.3 is 0 Å². The van der Waals surface area contributed by atoms with Crippen molar-refractivity contribution in [2.24, 2.45) is 0 Å². The van der Waals surface area contributed by atoms with E-state index in [4.69, 9.17) is 11.6 Å². The Balaban J connectivity index is 3.09. The summed E-state index contributed by atoms with van der Waals surface area (Å²) >= 11 is 8.60. The average Bonchev–Trinajstić information content (AvgIpc) is 2.12. The lowest BCUT2D eigenvalue weighted by molar-refractivity contribution is 0.606. The van der Waals surface area contributed by atoms with Gasteiger partial charge in [-0.15, -0.1) is 0 Å². The maximum Gasteiger partial charge on any atom is 0.242 e. The SMILES string of the molecule is Cc1ccnc(Cl)c1NS(=O)(=O)CBr. The van der Waals surface area contributed by atoms with Crippen molar-refractivity contribution in [2.45, 2.75) is 6.92 Å². The molecule has 0 aliphatic heterocycles. The van der Waals surface area contributed by atoms with Crippen molar-refractivity contribution < 1.29 is 8.42 Å². The van der Waals surface area contributed by atoms with Crippen LogP contribution in [0.15, 0.2) is 12.3 Å². The molecule has 0 saturated carbocycles. The highest BCUT2D eigenvalue weighted by Crippen LogP contribution is 2.24. The predicted molar refractivity (Wildman–Crippen MR) is 60.3 cm³/mol. The minimum Gasteiger partial charge on any atom is -0.279 e. The van der Waals surface area contributed by atoms with Crippen LogP contribution in [0.3, 0.4) is 0 Å². The highest BCUT2D eigenvalue weighted by molar-refractivity contribution is 9.10. The molecule has 78 valence electrons. The molecule has 0 fully saturated rings. The van der Waals surface area contributed by atoms with Crippen LogP contribution in [0.4, 0.5) is 5.69 Å². The van der Waals surface area contributed by atoms with Crippen molar-refractivity contribution in [1.82, 2.24) is 4.98 Å². The van der Waals surface area contributed by atoms with E-state index in [-0.39, 0.29) is 9.82 Å². The minimum atomic E-state index is -3.38. The van der Waals surface area contributed by atoms with Gasteiger partial charge in [-0.1, -0.05) is 27.5 Å². The van der Waals surface area contributed by atoms with E-state index in [1.54, 1.807) is 13.0 Å². The van der Waals surface area contributed by atoms with Crippen LogP contribution in [0.5, 0.6) is 0 Å². The third-order valence-electron chi connectivity index (χ3n) is 1.51. The fourth-order valence-corrected chi connectivity index (χ4v) is 2.11. The Labute approximate surface area is 95.9 Å². The van der Waals surface area contributed by atoms with Crippen LogP contribution in [0.2, 0.25) is 5.15 Å². The van der Waals surface area contributed by atoms with Gasteiger partial charge in [0, 0.05) is 6.20 Å². The van der Waals surface area contributed by atoms with Crippen LogP contribution >= 0.6 is 27.5 Å². The zero-order valence-corrected chi connectivity index (χ0v) is 10.4. The molecule has 14 heavy (non-hydrogen) atoms. The van der Waals surface area contributed by atoms with Crippen LogP contribution in [0.25, 0.3) is 0 Å². The monoisotopic (exact) mass is 298 g/mol. The maximum atomic E-state index is 11.2. The number of alkyl halides is 1. The Morgan fingerprint density at radius 2 is 2.29 bits per heavy atom. The molecule has 7 heteroatoms. The predicted octanol–water partition coefficient (Wildman–Crippen LogP) is 2.14. The van der Waals surface area contributed by atoms with E-state index in [0.29, 0.717) is 5.69 Å². The van der Waals surface area contributed by atoms with Gasteiger partial charge in [0.05, 0.1) is 5.69 Å². The number of nitrogens with one attached hydrogen (secondary N) is 1. The highest BCUT2D eigenvalue weighted by atomic mass is 79.9. The number of aryl methyl sites for hydroxylation is 1. The van der Waals surface area contributed by atoms with E-state index in [1.165, 1.54) is 6.20 Å². The molecular formula is C7H8BrClN2O2S. The first-order valence-corrected chi connectivity index (χ1v) is 6.79. The fourth-order valence-electron chi connectivity index (χ4n) is 0.830. The molecule has 0 unspecified atom stereocenters. The number of nitrogens with zero attached hydrogens (tertiary/aromatic N) is 1. The van der Waals surface area contributed by atoms with E-state index in [9.17, 15) is 8.42 Å². The largest absolute Gasteiger partial charge is 0.279 e. The summed E-state index contributed by atoms with van der Waals surface area (Å²) in [7, 11) is -3.38. The van der Waals surface area contributed by atoms with Crippen molar-refractivity contribution in [3.8, 4) is 0 Å². The second-order valence-electron chi connectivity index (χ2n) is 2.62. The molecule has 0 aliphatic carbocycles. The minimum absolute atomic E-state index is 0.148. The Morgan fingerprint density at radius 1 is 1.64 bits per heavy atom. The summed E-state index contributed by atoms with van der Waals surface area (Å²) in [5.41, 5.74) is 1.06. The molecule has 4 nitrogen and oxygen atoms in total. The molecule has 0 radical (unpaired) electrons. The summed E-state index contributed by atoms with van der Waals surface area (Å²) < 4.78 is 24.6. The molecule has 1 N–H and O–H groups in total. The molecule has 1 aromatic heterocycles. The van der Waals surface area contributed by atoms with Gasteiger partial charge in [0.25, 0.3) is 0 Å². The Morgan fingerprint density at radius 3 is 2.79 bits per heavy atom. The first-order chi connectivity index (χ1) is 6.46. The van der Waals surface area contributed by atoms with Gasteiger partial charge in [0.1, 0.15) is 4.66 Å². The first kappa shape index (κ1) is 11.7. The third kappa shape index (κ3) is 2.83. The molecular weight excluding hydrogens is 292 g/mol. The number of hydrogen-bond acceptors (Lipinski definition) is 3. The van der Waals surface area contributed by atoms with E-state index >= 15 is 0 Å². The number of halogens is 2. The van der Waals surface area contributed by atoms with Gasteiger partial charge in [-0.2, -0.15) is 0 Å². The molecule has 0 saturated heterocycles. The Kier molecular flexibility index (Phi) is 3.74. The van der Waals surface area contributed by atoms with Crippen molar-refractivity contribution in [3.63, 3.8) is 0 Å². The second-order valence-corrected chi connectivity index (χ2v) is 6.00. The lowest BCUT2D eigenvalue weighted by atomic mass is 10.3. The summed E-state index contributed by atoms with van der Waals surface area (Å²) in [5, 5.41) is 0.148. The molecule has 0 aliphatic rings. The Bertz CT molecular complexity index is 415. The Hall–Kier alpha value is -0.330. The molecule has 1 heterocycles. The summed E-state index contributed by atoms with van der Waals surface area (Å²) in [6.45, 7) is 1.75. The zero-order chi connectivity index (χ0) is 10.8. The van der Waals surface area contributed by atoms with Gasteiger partial charge in [-0.05, 0) is 18.6 Å². The number of sulfonamides is 1. The molecule has 0 bridgehead atoms. The lowest BCUT2D eigenvalue weighted by Gasteiger charge is -2.09. The summed E-state index contributed by atoms with van der Waals surface area (Å²) in [6.07, 6.45) is 1.52. The second kappa shape index (κ2) is 4.46. The van der Waals surface area contributed by atoms with Crippen LogP contribution < -0.4 is 4.72 Å². The van der Waals surface area contributed by atoms with E-state index < -0.39 is 10.0 Å². The van der Waals surface area contributed by atoms with Gasteiger partial charge in [0.2, 0.25) is 10.0 Å². The van der Waals surface area contributed by atoms with Gasteiger partial charge >= 0.3 is 0 Å². The van der Waals surface area contributed by atoms with E-state index in [0.717, 1.165) is 5.56 Å². The third-order valence-corrected chi connectivity index (χ3v) is 4.41. The van der Waals surface area contributed by atoms with Crippen molar-refractivity contribution in [3.05, 3.63) is 23.0 Å². The number of rotatable bonds is 3. The molecule has 0 aromatic carbocycles. The van der Waals surface area contributed by atoms with Crippen LogP contribution in [0.1, 0.15) is 5.56 Å². The maximum absolute atomic E-state index is 11.2. The zero-order valence-electron chi connectivity index (χ0n) is 7.29. The van der Waals surface area contributed by atoms with Crippen molar-refractivity contribution in [2.75, 3.05) is 9.38 Å². The van der Waals surface area contributed by atoms with Crippen LogP contribution in [-0.4, -0.2) is 18.1 Å².